The van der Waals surface area contributed by atoms with Gasteiger partial charge in [-0.1, -0.05) is 6.07 Å². The summed E-state index contributed by atoms with van der Waals surface area (Å²) in [5.74, 6) is 2.75. The molecule has 0 bridgehead atoms. The number of fused-ring (bicyclic) bond motifs is 3. The first-order valence-electron chi connectivity index (χ1n) is 12.1. The number of ether oxygens (including phenoxy) is 5. The number of aromatic nitrogens is 1. The van der Waals surface area contributed by atoms with Crippen molar-refractivity contribution < 1.29 is 23.7 Å². The molecule has 0 amide bonds. The second-order valence-corrected chi connectivity index (χ2v) is 9.46. The van der Waals surface area contributed by atoms with Crippen molar-refractivity contribution in [3.05, 3.63) is 57.9 Å². The largest absolute Gasteiger partial charge is 0.486 e. The van der Waals surface area contributed by atoms with Crippen LogP contribution in [0.1, 0.15) is 24.0 Å². The van der Waals surface area contributed by atoms with Crippen LogP contribution in [-0.2, 0) is 17.8 Å². The first-order chi connectivity index (χ1) is 17.6. The van der Waals surface area contributed by atoms with Gasteiger partial charge in [-0.05, 0) is 54.9 Å². The Morgan fingerprint density at radius 2 is 1.78 bits per heavy atom. The summed E-state index contributed by atoms with van der Waals surface area (Å²) in [5.41, 5.74) is 2.13. The molecule has 9 nitrogen and oxygen atoms in total. The molecule has 1 saturated heterocycles. The Kier molecular flexibility index (Phi) is 6.28. The van der Waals surface area contributed by atoms with Crippen LogP contribution < -0.4 is 29.8 Å². The Morgan fingerprint density at radius 1 is 0.972 bits per heavy atom. The van der Waals surface area contributed by atoms with Crippen LogP contribution in [0.5, 0.6) is 23.0 Å². The Morgan fingerprint density at radius 3 is 2.61 bits per heavy atom. The van der Waals surface area contributed by atoms with E-state index in [-0.39, 0.29) is 18.5 Å². The predicted octanol–water partition coefficient (Wildman–Crippen LogP) is 3.08. The molecule has 0 unspecified atom stereocenters. The minimum atomic E-state index is -0.170. The van der Waals surface area contributed by atoms with E-state index in [9.17, 15) is 4.79 Å². The van der Waals surface area contributed by atoms with E-state index in [0.29, 0.717) is 66.3 Å². The predicted molar refractivity (Wildman–Crippen MR) is 137 cm³/mol. The number of nitrogens with one attached hydrogen (secondary N) is 2. The van der Waals surface area contributed by atoms with Crippen molar-refractivity contribution in [2.75, 3.05) is 33.2 Å². The van der Waals surface area contributed by atoms with Crippen LogP contribution >= 0.6 is 12.2 Å². The molecule has 188 valence electrons. The maximum absolute atomic E-state index is 13.1. The molecule has 4 heterocycles. The van der Waals surface area contributed by atoms with Gasteiger partial charge in [-0.3, -0.25) is 4.79 Å². The molecular formula is C26H27N3O6S. The van der Waals surface area contributed by atoms with Gasteiger partial charge in [0.25, 0.3) is 5.56 Å². The monoisotopic (exact) mass is 509 g/mol. The summed E-state index contributed by atoms with van der Waals surface area (Å²) in [7, 11) is 0. The van der Waals surface area contributed by atoms with Crippen molar-refractivity contribution in [3.8, 4) is 23.0 Å². The first kappa shape index (κ1) is 22.9. The third kappa shape index (κ3) is 4.78. The van der Waals surface area contributed by atoms with Crippen molar-refractivity contribution in [2.24, 2.45) is 0 Å². The van der Waals surface area contributed by atoms with Crippen LogP contribution in [-0.4, -0.2) is 54.3 Å². The van der Waals surface area contributed by atoms with Crippen LogP contribution in [0, 0.1) is 0 Å². The molecule has 3 aromatic rings. The summed E-state index contributed by atoms with van der Waals surface area (Å²) < 4.78 is 28.1. The second-order valence-electron chi connectivity index (χ2n) is 9.07. The quantitative estimate of drug-likeness (QED) is 0.486. The second kappa shape index (κ2) is 9.87. The summed E-state index contributed by atoms with van der Waals surface area (Å²) in [5, 5.41) is 4.77. The number of aromatic amines is 1. The number of nitrogens with zero attached hydrogens (tertiary/aromatic N) is 1. The number of thiocarbonyl (C=S) groups is 1. The van der Waals surface area contributed by atoms with Crippen LogP contribution in [0.15, 0.2) is 41.2 Å². The van der Waals surface area contributed by atoms with E-state index in [1.807, 2.05) is 41.3 Å². The molecule has 1 atom stereocenters. The van der Waals surface area contributed by atoms with E-state index in [1.165, 1.54) is 0 Å². The van der Waals surface area contributed by atoms with Crippen molar-refractivity contribution in [1.82, 2.24) is 15.2 Å². The van der Waals surface area contributed by atoms with Gasteiger partial charge in [0.2, 0.25) is 6.79 Å². The zero-order valence-electron chi connectivity index (χ0n) is 19.7. The molecule has 0 radical (unpaired) electrons. The van der Waals surface area contributed by atoms with Gasteiger partial charge < -0.3 is 38.9 Å². The molecule has 10 heteroatoms. The van der Waals surface area contributed by atoms with Crippen molar-refractivity contribution in [2.45, 2.75) is 32.0 Å². The molecule has 1 fully saturated rings. The highest BCUT2D eigenvalue weighted by atomic mass is 32.1. The zero-order valence-corrected chi connectivity index (χ0v) is 20.5. The third-order valence-electron chi connectivity index (χ3n) is 6.55. The summed E-state index contributed by atoms with van der Waals surface area (Å²) in [6.07, 6.45) is 2.22. The molecular weight excluding hydrogens is 482 g/mol. The molecule has 3 aliphatic rings. The van der Waals surface area contributed by atoms with Gasteiger partial charge in [-0.25, -0.2) is 0 Å². The van der Waals surface area contributed by atoms with Gasteiger partial charge in [0.05, 0.1) is 18.2 Å². The van der Waals surface area contributed by atoms with Crippen LogP contribution in [0.3, 0.4) is 0 Å². The third-order valence-corrected chi connectivity index (χ3v) is 6.95. The smallest absolute Gasteiger partial charge is 0.253 e. The molecule has 6 rings (SSSR count). The van der Waals surface area contributed by atoms with Crippen molar-refractivity contribution in [3.63, 3.8) is 0 Å². The van der Waals surface area contributed by atoms with Gasteiger partial charge in [0.15, 0.2) is 28.1 Å². The fraction of sp³-hybridized carbons (Fsp3) is 0.385. The van der Waals surface area contributed by atoms with E-state index >= 15 is 0 Å². The molecule has 1 aromatic heterocycles. The molecule has 0 aliphatic carbocycles. The lowest BCUT2D eigenvalue weighted by molar-refractivity contribution is 0.113. The lowest BCUT2D eigenvalue weighted by Crippen LogP contribution is -2.42. The Labute approximate surface area is 213 Å². The maximum Gasteiger partial charge on any atom is 0.253 e. The van der Waals surface area contributed by atoms with Gasteiger partial charge in [0.1, 0.15) is 13.2 Å². The van der Waals surface area contributed by atoms with Crippen molar-refractivity contribution in [1.29, 1.82) is 0 Å². The standard InChI is InChI=1S/C26H27N3O6S/c30-25-18(9-17-10-23-24(11-20(17)28-25)33-7-6-32-23)14-29(26(36)27-12-19-2-1-5-31-19)13-16-3-4-21-22(8-16)35-15-34-21/h3-4,8-11,19H,1-2,5-7,12-15H2,(H,27,36)(H,28,30)/t19-/m0/s1. The zero-order chi connectivity index (χ0) is 24.5. The van der Waals surface area contributed by atoms with Crippen molar-refractivity contribution >= 4 is 28.2 Å². The fourth-order valence-electron chi connectivity index (χ4n) is 4.69. The minimum absolute atomic E-state index is 0.146. The van der Waals surface area contributed by atoms with E-state index in [0.717, 1.165) is 36.1 Å². The minimum Gasteiger partial charge on any atom is -0.486 e. The molecule has 3 aliphatic heterocycles. The lowest BCUT2D eigenvalue weighted by Gasteiger charge is -2.27. The number of rotatable bonds is 6. The number of hydrogen-bond acceptors (Lipinski definition) is 7. The highest BCUT2D eigenvalue weighted by molar-refractivity contribution is 7.80. The molecule has 36 heavy (non-hydrogen) atoms. The SMILES string of the molecule is O=c1[nH]c2cc3c(cc2cc1CN(Cc1ccc2c(c1)OCO2)C(=S)NC[C@@H]1CCCO1)OCCO3. The van der Waals surface area contributed by atoms with E-state index < -0.39 is 0 Å². The molecule has 0 saturated carbocycles. The van der Waals surface area contributed by atoms with Gasteiger partial charge in [0, 0.05) is 36.7 Å². The highest BCUT2D eigenvalue weighted by Crippen LogP contribution is 2.34. The first-order valence-corrected chi connectivity index (χ1v) is 12.5. The van der Waals surface area contributed by atoms with Crippen LogP contribution in [0.4, 0.5) is 0 Å². The Bertz CT molecular complexity index is 1350. The topological polar surface area (TPSA) is 94.3 Å². The normalized spacial score (nSPS) is 17.8. The summed E-state index contributed by atoms with van der Waals surface area (Å²) in [6.45, 7) is 3.44. The summed E-state index contributed by atoms with van der Waals surface area (Å²) in [6, 6.07) is 11.4. The van der Waals surface area contributed by atoms with E-state index in [1.54, 1.807) is 0 Å². The maximum atomic E-state index is 13.1. The number of hydrogen-bond donors (Lipinski definition) is 2. The van der Waals surface area contributed by atoms with E-state index in [2.05, 4.69) is 10.3 Å². The van der Waals surface area contributed by atoms with Gasteiger partial charge in [-0.15, -0.1) is 0 Å². The Hall–Kier alpha value is -3.50. The van der Waals surface area contributed by atoms with Gasteiger partial charge in [-0.2, -0.15) is 0 Å². The average Bonchev–Trinajstić information content (AvgIpc) is 3.58. The Balaban J connectivity index is 1.27. The van der Waals surface area contributed by atoms with Gasteiger partial charge >= 0.3 is 0 Å². The number of pyridine rings is 1. The van der Waals surface area contributed by atoms with E-state index in [4.69, 9.17) is 35.9 Å². The molecule has 2 aromatic carbocycles. The molecule has 2 N–H and O–H groups in total. The summed E-state index contributed by atoms with van der Waals surface area (Å²) in [4.78, 5) is 18.0. The molecule has 0 spiro atoms. The van der Waals surface area contributed by atoms with Crippen LogP contribution in [0.2, 0.25) is 0 Å². The van der Waals surface area contributed by atoms with Crippen LogP contribution in [0.25, 0.3) is 10.9 Å². The fourth-order valence-corrected chi connectivity index (χ4v) is 4.90. The number of H-pyrrole nitrogens is 1. The summed E-state index contributed by atoms with van der Waals surface area (Å²) >= 11 is 5.78. The average molecular weight is 510 g/mol. The number of benzene rings is 2. The lowest BCUT2D eigenvalue weighted by atomic mass is 10.1. The highest BCUT2D eigenvalue weighted by Gasteiger charge is 2.21.